The van der Waals surface area contributed by atoms with Gasteiger partial charge in [-0.1, -0.05) is 24.3 Å². The second kappa shape index (κ2) is 12.4. The molecule has 0 bridgehead atoms. The molecule has 3 aromatic rings. The fraction of sp³-hybridized carbons (Fsp3) is 0.345. The van der Waals surface area contributed by atoms with E-state index >= 15 is 0 Å². The summed E-state index contributed by atoms with van der Waals surface area (Å²) in [4.78, 5) is 33.1. The van der Waals surface area contributed by atoms with Crippen molar-refractivity contribution in [1.82, 2.24) is 9.88 Å². The minimum absolute atomic E-state index is 0.177. The zero-order chi connectivity index (χ0) is 26.2. The Hall–Kier alpha value is -3.91. The van der Waals surface area contributed by atoms with Crippen LogP contribution in [0.4, 0.5) is 5.82 Å². The third-order valence-corrected chi connectivity index (χ3v) is 6.11. The zero-order valence-electron chi connectivity index (χ0n) is 21.6. The molecule has 1 saturated heterocycles. The third kappa shape index (κ3) is 7.07. The van der Waals surface area contributed by atoms with Gasteiger partial charge in [-0.15, -0.1) is 0 Å². The Morgan fingerprint density at radius 3 is 2.38 bits per heavy atom. The standard InChI is InChI=1S/C29H33N3O5/c1-21(2)37-29(34)26-8-5-13-30-27(26)32-16-14-31(15-17-32)19-23-6-4-7-25(18-23)36-20-22-9-11-24(12-10-22)28(33)35-3/h4-13,18,21H,14-17,19-20H2,1-3H3. The summed E-state index contributed by atoms with van der Waals surface area (Å²) in [5.74, 6) is 0.796. The Bertz CT molecular complexity index is 1200. The molecule has 37 heavy (non-hydrogen) atoms. The van der Waals surface area contributed by atoms with Gasteiger partial charge in [-0.2, -0.15) is 0 Å². The van der Waals surface area contributed by atoms with Crippen molar-refractivity contribution in [2.24, 2.45) is 0 Å². The largest absolute Gasteiger partial charge is 0.489 e. The number of hydrogen-bond donors (Lipinski definition) is 0. The van der Waals surface area contributed by atoms with Crippen molar-refractivity contribution in [3.8, 4) is 5.75 Å². The van der Waals surface area contributed by atoms with E-state index in [1.165, 1.54) is 12.7 Å². The fourth-order valence-electron chi connectivity index (χ4n) is 4.22. The first-order valence-electron chi connectivity index (χ1n) is 12.4. The summed E-state index contributed by atoms with van der Waals surface area (Å²) in [5, 5.41) is 0. The van der Waals surface area contributed by atoms with Gasteiger partial charge in [-0.05, 0) is 61.4 Å². The number of pyridine rings is 1. The topological polar surface area (TPSA) is 81.2 Å². The van der Waals surface area contributed by atoms with Gasteiger partial charge in [0.15, 0.2) is 0 Å². The summed E-state index contributed by atoms with van der Waals surface area (Å²) in [6, 6.07) is 18.9. The van der Waals surface area contributed by atoms with E-state index in [9.17, 15) is 9.59 Å². The Labute approximate surface area is 217 Å². The first-order chi connectivity index (χ1) is 17.9. The van der Waals surface area contributed by atoms with Crippen LogP contribution in [0.3, 0.4) is 0 Å². The molecule has 8 heteroatoms. The molecule has 2 heterocycles. The molecule has 194 valence electrons. The van der Waals surface area contributed by atoms with Gasteiger partial charge in [0.2, 0.25) is 0 Å². The van der Waals surface area contributed by atoms with Gasteiger partial charge in [0.05, 0.1) is 18.8 Å². The number of hydrogen-bond acceptors (Lipinski definition) is 8. The highest BCUT2D eigenvalue weighted by Gasteiger charge is 2.23. The SMILES string of the molecule is COC(=O)c1ccc(COc2cccc(CN3CCN(c4ncccc4C(=O)OC(C)C)CC3)c2)cc1. The van der Waals surface area contributed by atoms with Crippen molar-refractivity contribution in [3.63, 3.8) is 0 Å². The Balaban J connectivity index is 1.30. The number of ether oxygens (including phenoxy) is 3. The first-order valence-corrected chi connectivity index (χ1v) is 12.4. The lowest BCUT2D eigenvalue weighted by molar-refractivity contribution is 0.0377. The number of benzene rings is 2. The second-order valence-electron chi connectivity index (χ2n) is 9.22. The van der Waals surface area contributed by atoms with Gasteiger partial charge in [-0.3, -0.25) is 4.90 Å². The lowest BCUT2D eigenvalue weighted by atomic mass is 10.1. The Morgan fingerprint density at radius 2 is 1.68 bits per heavy atom. The number of esters is 2. The smallest absolute Gasteiger partial charge is 0.342 e. The highest BCUT2D eigenvalue weighted by atomic mass is 16.5. The Kier molecular flexibility index (Phi) is 8.74. The zero-order valence-corrected chi connectivity index (χ0v) is 21.6. The number of nitrogens with zero attached hydrogens (tertiary/aromatic N) is 3. The van der Waals surface area contributed by atoms with E-state index in [-0.39, 0.29) is 18.0 Å². The number of carbonyl (C=O) groups is 2. The van der Waals surface area contributed by atoms with Crippen LogP contribution >= 0.6 is 0 Å². The molecule has 2 aromatic carbocycles. The van der Waals surface area contributed by atoms with Crippen LogP contribution in [0.15, 0.2) is 66.9 Å². The predicted octanol–water partition coefficient (Wildman–Crippen LogP) is 4.33. The van der Waals surface area contributed by atoms with Crippen LogP contribution in [0.1, 0.15) is 45.7 Å². The van der Waals surface area contributed by atoms with E-state index < -0.39 is 0 Å². The average molecular weight is 504 g/mol. The van der Waals surface area contributed by atoms with Gasteiger partial charge < -0.3 is 19.1 Å². The van der Waals surface area contributed by atoms with Gasteiger partial charge in [-0.25, -0.2) is 14.6 Å². The lowest BCUT2D eigenvalue weighted by Gasteiger charge is -2.36. The molecule has 0 radical (unpaired) electrons. The summed E-state index contributed by atoms with van der Waals surface area (Å²) < 4.78 is 16.1. The van der Waals surface area contributed by atoms with Crippen LogP contribution in [-0.4, -0.2) is 61.2 Å². The van der Waals surface area contributed by atoms with E-state index in [2.05, 4.69) is 26.9 Å². The van der Waals surface area contributed by atoms with Crippen LogP contribution in [0, 0.1) is 0 Å². The van der Waals surface area contributed by atoms with E-state index in [0.29, 0.717) is 23.6 Å². The lowest BCUT2D eigenvalue weighted by Crippen LogP contribution is -2.46. The van der Waals surface area contributed by atoms with E-state index in [1.807, 2.05) is 38.1 Å². The number of rotatable bonds is 9. The number of carbonyl (C=O) groups excluding carboxylic acids is 2. The molecule has 8 nitrogen and oxygen atoms in total. The molecule has 0 N–H and O–H groups in total. The minimum Gasteiger partial charge on any atom is -0.489 e. The van der Waals surface area contributed by atoms with Gasteiger partial charge >= 0.3 is 11.9 Å². The summed E-state index contributed by atoms with van der Waals surface area (Å²) in [6.45, 7) is 8.17. The van der Waals surface area contributed by atoms with Gasteiger partial charge in [0.1, 0.15) is 23.7 Å². The van der Waals surface area contributed by atoms with Crippen LogP contribution in [0.2, 0.25) is 0 Å². The van der Waals surface area contributed by atoms with Crippen molar-refractivity contribution in [1.29, 1.82) is 0 Å². The molecule has 0 aliphatic carbocycles. The summed E-state index contributed by atoms with van der Waals surface area (Å²) >= 11 is 0. The second-order valence-corrected chi connectivity index (χ2v) is 9.22. The molecule has 0 spiro atoms. The van der Waals surface area contributed by atoms with E-state index in [4.69, 9.17) is 14.2 Å². The third-order valence-electron chi connectivity index (χ3n) is 6.11. The molecule has 1 aliphatic heterocycles. The van der Waals surface area contributed by atoms with Crippen molar-refractivity contribution >= 4 is 17.8 Å². The van der Waals surface area contributed by atoms with Gasteiger partial charge in [0.25, 0.3) is 0 Å². The molecule has 0 atom stereocenters. The summed E-state index contributed by atoms with van der Waals surface area (Å²) in [6.07, 6.45) is 1.54. The first kappa shape index (κ1) is 26.2. The molecule has 0 saturated carbocycles. The van der Waals surface area contributed by atoms with Crippen molar-refractivity contribution in [2.45, 2.75) is 33.1 Å². The van der Waals surface area contributed by atoms with Crippen molar-refractivity contribution in [2.75, 3.05) is 38.2 Å². The number of piperazine rings is 1. The van der Waals surface area contributed by atoms with Crippen LogP contribution < -0.4 is 9.64 Å². The molecule has 0 amide bonds. The summed E-state index contributed by atoms with van der Waals surface area (Å²) in [5.41, 5.74) is 3.17. The quantitative estimate of drug-likeness (QED) is 0.399. The molecule has 0 unspecified atom stereocenters. The Morgan fingerprint density at radius 1 is 0.919 bits per heavy atom. The van der Waals surface area contributed by atoms with E-state index in [1.54, 1.807) is 30.5 Å². The van der Waals surface area contributed by atoms with Crippen molar-refractivity contribution < 1.29 is 23.8 Å². The van der Waals surface area contributed by atoms with Crippen LogP contribution in [0.5, 0.6) is 5.75 Å². The fourth-order valence-corrected chi connectivity index (χ4v) is 4.22. The maximum absolute atomic E-state index is 12.5. The highest BCUT2D eigenvalue weighted by molar-refractivity contribution is 5.95. The molecule has 4 rings (SSSR count). The number of anilines is 1. The highest BCUT2D eigenvalue weighted by Crippen LogP contribution is 2.22. The maximum Gasteiger partial charge on any atom is 0.342 e. The van der Waals surface area contributed by atoms with Gasteiger partial charge in [0, 0.05) is 38.9 Å². The number of aromatic nitrogens is 1. The normalized spacial score (nSPS) is 13.9. The van der Waals surface area contributed by atoms with Crippen LogP contribution in [-0.2, 0) is 22.6 Å². The van der Waals surface area contributed by atoms with Crippen LogP contribution in [0.25, 0.3) is 0 Å². The summed E-state index contributed by atoms with van der Waals surface area (Å²) in [7, 11) is 1.37. The van der Waals surface area contributed by atoms with E-state index in [0.717, 1.165) is 44.0 Å². The number of methoxy groups -OCH3 is 1. The molecule has 1 fully saturated rings. The average Bonchev–Trinajstić information content (AvgIpc) is 2.92. The molecular formula is C29H33N3O5. The predicted molar refractivity (Wildman–Crippen MR) is 141 cm³/mol. The molecule has 1 aliphatic rings. The molecular weight excluding hydrogens is 470 g/mol. The monoisotopic (exact) mass is 503 g/mol. The maximum atomic E-state index is 12.5. The molecule has 1 aromatic heterocycles. The minimum atomic E-state index is -0.352. The van der Waals surface area contributed by atoms with Crippen molar-refractivity contribution in [3.05, 3.63) is 89.1 Å².